The van der Waals surface area contributed by atoms with E-state index in [1.807, 2.05) is 0 Å². The van der Waals surface area contributed by atoms with E-state index in [0.29, 0.717) is 22.1 Å². The van der Waals surface area contributed by atoms with Gasteiger partial charge in [0, 0.05) is 0 Å². The third kappa shape index (κ3) is 2.69. The number of nitrogens with zero attached hydrogens (tertiary/aromatic N) is 1. The number of carbonyl (C=O) groups is 2. The van der Waals surface area contributed by atoms with E-state index in [0.717, 1.165) is 11.3 Å². The lowest BCUT2D eigenvalue weighted by Crippen LogP contribution is -2.40. The van der Waals surface area contributed by atoms with E-state index in [1.54, 1.807) is 13.8 Å². The Hall–Kier alpha value is -1.63. The smallest absolute Gasteiger partial charge is 0.326 e. The predicted octanol–water partition coefficient (Wildman–Crippen LogP) is 0.627. The molecule has 6 nitrogen and oxygen atoms in total. The first-order valence-corrected chi connectivity index (χ1v) is 5.54. The van der Waals surface area contributed by atoms with Gasteiger partial charge in [0.25, 0.3) is 5.91 Å². The van der Waals surface area contributed by atoms with E-state index in [-0.39, 0.29) is 0 Å². The van der Waals surface area contributed by atoms with Crippen molar-refractivity contribution in [3.63, 3.8) is 0 Å². The Kier molecular flexibility index (Phi) is 3.83. The van der Waals surface area contributed by atoms with Crippen molar-refractivity contribution < 1.29 is 14.7 Å². The molecule has 1 aromatic rings. The van der Waals surface area contributed by atoms with Crippen molar-refractivity contribution in [1.82, 2.24) is 10.3 Å². The van der Waals surface area contributed by atoms with Gasteiger partial charge in [-0.2, -0.15) is 0 Å². The molecule has 0 saturated heterocycles. The van der Waals surface area contributed by atoms with Crippen molar-refractivity contribution in [3.8, 4) is 0 Å². The first kappa shape index (κ1) is 12.4. The number of nitrogens with two attached hydrogens (primary N) is 1. The second-order valence-electron chi connectivity index (χ2n) is 3.24. The highest BCUT2D eigenvalue weighted by Gasteiger charge is 2.21. The van der Waals surface area contributed by atoms with Crippen LogP contribution in [0.1, 0.15) is 28.7 Å². The third-order valence-corrected chi connectivity index (χ3v) is 3.02. The number of nitrogen functional groups attached to an aromatic ring is 1. The van der Waals surface area contributed by atoms with E-state index in [9.17, 15) is 9.59 Å². The van der Waals surface area contributed by atoms with Gasteiger partial charge in [0.2, 0.25) is 0 Å². The molecule has 1 heterocycles. The molecule has 0 aromatic carbocycles. The van der Waals surface area contributed by atoms with Gasteiger partial charge in [0.05, 0.1) is 5.69 Å². The van der Waals surface area contributed by atoms with Crippen molar-refractivity contribution in [2.75, 3.05) is 5.73 Å². The van der Waals surface area contributed by atoms with Crippen LogP contribution in [0.5, 0.6) is 0 Å². The van der Waals surface area contributed by atoms with Crippen molar-refractivity contribution >= 4 is 28.3 Å². The molecule has 0 aliphatic heterocycles. The van der Waals surface area contributed by atoms with Gasteiger partial charge >= 0.3 is 5.97 Å². The van der Waals surface area contributed by atoms with E-state index >= 15 is 0 Å². The maximum atomic E-state index is 11.7. The third-order valence-electron chi connectivity index (χ3n) is 2.03. The fourth-order valence-corrected chi connectivity index (χ4v) is 1.93. The summed E-state index contributed by atoms with van der Waals surface area (Å²) in [6.45, 7) is 3.34. The summed E-state index contributed by atoms with van der Waals surface area (Å²) in [6, 6.07) is -0.879. The molecule has 16 heavy (non-hydrogen) atoms. The lowest BCUT2D eigenvalue weighted by atomic mass is 10.2. The SMILES string of the molecule is CC[C@H](NC(=O)c1sc(N)nc1C)C(=O)O. The van der Waals surface area contributed by atoms with Crippen LogP contribution in [-0.4, -0.2) is 28.0 Å². The minimum Gasteiger partial charge on any atom is -0.480 e. The van der Waals surface area contributed by atoms with Crippen molar-refractivity contribution in [1.29, 1.82) is 0 Å². The Morgan fingerprint density at radius 1 is 1.62 bits per heavy atom. The molecular weight excluding hydrogens is 230 g/mol. The quantitative estimate of drug-likeness (QED) is 0.719. The molecule has 0 spiro atoms. The topological polar surface area (TPSA) is 105 Å². The molecule has 7 heteroatoms. The average molecular weight is 243 g/mol. The van der Waals surface area contributed by atoms with Gasteiger partial charge < -0.3 is 16.2 Å². The zero-order valence-electron chi connectivity index (χ0n) is 8.98. The predicted molar refractivity (Wildman–Crippen MR) is 60.4 cm³/mol. The highest BCUT2D eigenvalue weighted by Crippen LogP contribution is 2.19. The molecule has 0 bridgehead atoms. The summed E-state index contributed by atoms with van der Waals surface area (Å²) in [5.41, 5.74) is 5.97. The lowest BCUT2D eigenvalue weighted by Gasteiger charge is -2.11. The van der Waals surface area contributed by atoms with Gasteiger partial charge in [-0.3, -0.25) is 4.79 Å². The number of carboxylic acid groups (broad SMARTS) is 1. The summed E-state index contributed by atoms with van der Waals surface area (Å²) < 4.78 is 0. The van der Waals surface area contributed by atoms with Crippen LogP contribution in [-0.2, 0) is 4.79 Å². The number of aromatic nitrogens is 1. The van der Waals surface area contributed by atoms with E-state index in [4.69, 9.17) is 10.8 Å². The fourth-order valence-electron chi connectivity index (χ4n) is 1.19. The summed E-state index contributed by atoms with van der Waals surface area (Å²) in [5.74, 6) is -1.49. The van der Waals surface area contributed by atoms with Gasteiger partial charge in [-0.15, -0.1) is 0 Å². The van der Waals surface area contributed by atoms with Crippen LogP contribution >= 0.6 is 11.3 Å². The monoisotopic (exact) mass is 243 g/mol. The maximum Gasteiger partial charge on any atom is 0.326 e. The molecule has 0 radical (unpaired) electrons. The number of amides is 1. The standard InChI is InChI=1S/C9H13N3O3S/c1-3-5(8(14)15)12-7(13)6-4(2)11-9(10)16-6/h5H,3H2,1-2H3,(H2,10,11)(H,12,13)(H,14,15)/t5-/m0/s1. The number of hydrogen-bond acceptors (Lipinski definition) is 5. The summed E-state index contributed by atoms with van der Waals surface area (Å²) in [6.07, 6.45) is 0.328. The van der Waals surface area contributed by atoms with Crippen LogP contribution in [0.3, 0.4) is 0 Å². The van der Waals surface area contributed by atoms with Crippen LogP contribution in [0.25, 0.3) is 0 Å². The summed E-state index contributed by atoms with van der Waals surface area (Å²) in [7, 11) is 0. The number of carboxylic acids is 1. The maximum absolute atomic E-state index is 11.7. The molecule has 0 aliphatic rings. The van der Waals surface area contributed by atoms with Crippen molar-refractivity contribution in [3.05, 3.63) is 10.6 Å². The van der Waals surface area contributed by atoms with Crippen LogP contribution in [0.15, 0.2) is 0 Å². The highest BCUT2D eigenvalue weighted by molar-refractivity contribution is 7.17. The fraction of sp³-hybridized carbons (Fsp3) is 0.444. The summed E-state index contributed by atoms with van der Waals surface area (Å²) >= 11 is 1.05. The molecule has 0 fully saturated rings. The van der Waals surface area contributed by atoms with Gasteiger partial charge in [-0.25, -0.2) is 9.78 Å². The first-order valence-electron chi connectivity index (χ1n) is 4.72. The van der Waals surface area contributed by atoms with Gasteiger partial charge in [-0.1, -0.05) is 18.3 Å². The van der Waals surface area contributed by atoms with E-state index in [1.165, 1.54) is 0 Å². The average Bonchev–Trinajstić information content (AvgIpc) is 2.53. The number of hydrogen-bond donors (Lipinski definition) is 3. The number of rotatable bonds is 4. The molecule has 4 N–H and O–H groups in total. The van der Waals surface area contributed by atoms with E-state index < -0.39 is 17.9 Å². The highest BCUT2D eigenvalue weighted by atomic mass is 32.1. The van der Waals surface area contributed by atoms with Crippen LogP contribution in [0.4, 0.5) is 5.13 Å². The Labute approximate surface area is 96.5 Å². The number of nitrogens with one attached hydrogen (secondary N) is 1. The van der Waals surface area contributed by atoms with Crippen LogP contribution < -0.4 is 11.1 Å². The Balaban J connectivity index is 2.79. The number of anilines is 1. The molecule has 88 valence electrons. The Morgan fingerprint density at radius 2 is 2.25 bits per heavy atom. The molecule has 0 saturated carbocycles. The number of carbonyl (C=O) groups excluding carboxylic acids is 1. The summed E-state index contributed by atoms with van der Waals surface area (Å²) in [4.78, 5) is 26.7. The Morgan fingerprint density at radius 3 is 2.62 bits per heavy atom. The molecule has 1 amide bonds. The minimum atomic E-state index is -1.05. The summed E-state index contributed by atoms with van der Waals surface area (Å²) in [5, 5.41) is 11.5. The van der Waals surface area contributed by atoms with E-state index in [2.05, 4.69) is 10.3 Å². The van der Waals surface area contributed by atoms with Crippen LogP contribution in [0.2, 0.25) is 0 Å². The number of aliphatic carboxylic acids is 1. The largest absolute Gasteiger partial charge is 0.480 e. The molecule has 1 aromatic heterocycles. The number of aryl methyl sites for hydroxylation is 1. The zero-order valence-corrected chi connectivity index (χ0v) is 9.80. The second-order valence-corrected chi connectivity index (χ2v) is 4.27. The second kappa shape index (κ2) is 4.93. The Bertz CT molecular complexity index is 416. The van der Waals surface area contributed by atoms with Crippen LogP contribution in [0, 0.1) is 6.92 Å². The van der Waals surface area contributed by atoms with Gasteiger partial charge in [-0.05, 0) is 13.3 Å². The molecule has 1 rings (SSSR count). The molecule has 1 atom stereocenters. The first-order chi connectivity index (χ1) is 7.45. The molecule has 0 aliphatic carbocycles. The molecular formula is C9H13N3O3S. The normalized spacial score (nSPS) is 12.1. The minimum absolute atomic E-state index is 0.297. The van der Waals surface area contributed by atoms with Crippen molar-refractivity contribution in [2.45, 2.75) is 26.3 Å². The van der Waals surface area contributed by atoms with Gasteiger partial charge in [0.1, 0.15) is 10.9 Å². The zero-order chi connectivity index (χ0) is 12.3. The number of thiazole rings is 1. The van der Waals surface area contributed by atoms with Crippen molar-refractivity contribution in [2.24, 2.45) is 0 Å². The molecule has 0 unspecified atom stereocenters. The lowest BCUT2D eigenvalue weighted by molar-refractivity contribution is -0.139. The van der Waals surface area contributed by atoms with Gasteiger partial charge in [0.15, 0.2) is 5.13 Å².